The second kappa shape index (κ2) is 11.0. The molecule has 0 saturated heterocycles. The summed E-state index contributed by atoms with van der Waals surface area (Å²) in [6, 6.07) is 5.75. The Morgan fingerprint density at radius 3 is 2.09 bits per heavy atom. The molecule has 0 unspecified atom stereocenters. The van der Waals surface area contributed by atoms with E-state index in [1.54, 1.807) is 6.07 Å². The number of benzene rings is 1. The molecule has 1 aromatic rings. The molecular weight excluding hydrogens is 305 g/mol. The summed E-state index contributed by atoms with van der Waals surface area (Å²) in [7, 11) is 6.16. The molecule has 0 bridgehead atoms. The fourth-order valence-corrected chi connectivity index (χ4v) is 1.15. The van der Waals surface area contributed by atoms with Crippen LogP contribution in [0.3, 0.4) is 0 Å². The van der Waals surface area contributed by atoms with Crippen LogP contribution in [0.4, 0.5) is 0 Å². The number of likely N-dealkylation sites (N-methyl/N-ethyl adjacent to an activating group) is 1. The van der Waals surface area contributed by atoms with Crippen LogP contribution in [0, 0.1) is 0 Å². The Balaban J connectivity index is 0. The molecule has 0 fully saturated rings. The van der Waals surface area contributed by atoms with Gasteiger partial charge in [-0.3, -0.25) is 0 Å². The van der Waals surface area contributed by atoms with Crippen LogP contribution in [0.1, 0.15) is 10.4 Å². The Labute approximate surface area is 140 Å². The summed E-state index contributed by atoms with van der Waals surface area (Å²) >= 11 is 0. The van der Waals surface area contributed by atoms with E-state index in [4.69, 9.17) is 10.2 Å². The maximum absolute atomic E-state index is 11.1. The van der Waals surface area contributed by atoms with E-state index >= 15 is 0 Å². The van der Waals surface area contributed by atoms with Crippen molar-refractivity contribution in [3.63, 3.8) is 0 Å². The van der Waals surface area contributed by atoms with Crippen LogP contribution in [0.15, 0.2) is 24.3 Å². The minimum absolute atomic E-state index is 0. The van der Waals surface area contributed by atoms with Gasteiger partial charge in [0.2, 0.25) is 0 Å². The fraction of sp³-hybridized carbons (Fsp3) is 0.429. The molecule has 0 saturated carbocycles. The molecule has 0 spiro atoms. The predicted octanol–water partition coefficient (Wildman–Crippen LogP) is -0.0623. The second-order valence-electron chi connectivity index (χ2n) is 5.22. The maximum atomic E-state index is 11.1. The quantitative estimate of drug-likeness (QED) is 0.398. The largest absolute Gasteiger partial charge is 3.00 e. The number of aliphatic hydroxyl groups excluding tert-OH is 1. The van der Waals surface area contributed by atoms with E-state index in [-0.39, 0.29) is 35.3 Å². The number of hydrogen-bond acceptors (Lipinski definition) is 5. The van der Waals surface area contributed by atoms with Crippen molar-refractivity contribution >= 4 is 29.3 Å². The van der Waals surface area contributed by atoms with Crippen molar-refractivity contribution in [2.24, 2.45) is 0 Å². The number of aliphatic carboxylic acids is 1. The van der Waals surface area contributed by atoms with Gasteiger partial charge in [-0.2, -0.15) is 0 Å². The molecule has 0 aliphatic rings. The number of quaternary nitrogens is 1. The molecule has 1 rings (SSSR count). The van der Waals surface area contributed by atoms with Crippen molar-refractivity contribution in [2.45, 2.75) is 0 Å². The zero-order valence-electron chi connectivity index (χ0n) is 13.0. The molecule has 118 valence electrons. The Bertz CT molecular complexity index is 473. The molecule has 1 aromatic carbocycles. The van der Waals surface area contributed by atoms with Crippen LogP contribution >= 0.6 is 0 Å². The number of aliphatic hydroxyl groups is 1. The number of carboxylic acid groups (broad SMARTS) is 1. The van der Waals surface area contributed by atoms with Crippen LogP contribution in [0.5, 0.6) is 5.75 Å². The third-order valence-corrected chi connectivity index (χ3v) is 2.22. The molecule has 0 heterocycles. The number of nitrogens with zero attached hydrogens (tertiary/aromatic N) is 1. The van der Waals surface area contributed by atoms with Gasteiger partial charge in [-0.05, 0) is 12.1 Å². The SMILES string of the molecule is C[N+](C)(C)CCO.O=C(O)COC(=O)c1ccccc1O.[Al+3]. The number of hydrogen-bond donors (Lipinski definition) is 3. The van der Waals surface area contributed by atoms with Gasteiger partial charge in [0.25, 0.3) is 0 Å². The summed E-state index contributed by atoms with van der Waals surface area (Å²) < 4.78 is 5.22. The summed E-state index contributed by atoms with van der Waals surface area (Å²) in [6.45, 7) is 0.399. The number of rotatable bonds is 5. The van der Waals surface area contributed by atoms with E-state index in [0.29, 0.717) is 0 Å². The van der Waals surface area contributed by atoms with Crippen molar-refractivity contribution < 1.29 is 34.1 Å². The number of aromatic hydroxyl groups is 1. The van der Waals surface area contributed by atoms with Gasteiger partial charge in [0, 0.05) is 0 Å². The summed E-state index contributed by atoms with van der Waals surface area (Å²) in [5.74, 6) is -2.33. The molecule has 22 heavy (non-hydrogen) atoms. The van der Waals surface area contributed by atoms with Gasteiger partial charge in [0.05, 0.1) is 27.7 Å². The number of ether oxygens (including phenoxy) is 1. The molecule has 0 amide bonds. The van der Waals surface area contributed by atoms with E-state index in [9.17, 15) is 14.7 Å². The number of para-hydroxylation sites is 1. The van der Waals surface area contributed by atoms with Gasteiger partial charge in [-0.15, -0.1) is 0 Å². The Morgan fingerprint density at radius 1 is 1.18 bits per heavy atom. The number of phenols is 1. The third-order valence-electron chi connectivity index (χ3n) is 2.22. The van der Waals surface area contributed by atoms with Gasteiger partial charge in [0.15, 0.2) is 6.61 Å². The van der Waals surface area contributed by atoms with E-state index in [1.165, 1.54) is 18.2 Å². The third kappa shape index (κ3) is 11.1. The zero-order valence-corrected chi connectivity index (χ0v) is 14.2. The fourth-order valence-electron chi connectivity index (χ4n) is 1.15. The average molecular weight is 327 g/mol. The predicted molar refractivity (Wildman–Crippen MR) is 81.8 cm³/mol. The first-order chi connectivity index (χ1) is 9.67. The molecule has 0 aromatic heterocycles. The first-order valence-corrected chi connectivity index (χ1v) is 6.25. The smallest absolute Gasteiger partial charge is 0.507 e. The van der Waals surface area contributed by atoms with Gasteiger partial charge in [-0.1, -0.05) is 12.1 Å². The average Bonchev–Trinajstić information content (AvgIpc) is 2.36. The summed E-state index contributed by atoms with van der Waals surface area (Å²) in [6.07, 6.45) is 0. The first-order valence-electron chi connectivity index (χ1n) is 6.25. The van der Waals surface area contributed by atoms with Crippen LogP contribution in [0.25, 0.3) is 0 Å². The number of esters is 1. The molecule has 0 radical (unpaired) electrons. The van der Waals surface area contributed by atoms with Crippen LogP contribution in [-0.4, -0.2) is 90.0 Å². The van der Waals surface area contributed by atoms with Gasteiger partial charge in [-0.25, -0.2) is 9.59 Å². The number of carbonyl (C=O) groups excluding carboxylic acids is 1. The van der Waals surface area contributed by atoms with E-state index < -0.39 is 18.5 Å². The van der Waals surface area contributed by atoms with Crippen molar-refractivity contribution in [2.75, 3.05) is 40.9 Å². The molecule has 0 aliphatic carbocycles. The maximum Gasteiger partial charge on any atom is 3.00 e. The molecule has 7 nitrogen and oxygen atoms in total. The Hall–Kier alpha value is -1.59. The first kappa shape index (κ1) is 22.7. The molecule has 8 heteroatoms. The zero-order chi connectivity index (χ0) is 16.5. The van der Waals surface area contributed by atoms with Gasteiger partial charge in [0.1, 0.15) is 17.9 Å². The Kier molecular flexibility index (Phi) is 11.4. The van der Waals surface area contributed by atoms with Crippen LogP contribution in [0.2, 0.25) is 0 Å². The van der Waals surface area contributed by atoms with Crippen molar-refractivity contribution in [3.8, 4) is 5.75 Å². The number of carboxylic acids is 1. The summed E-state index contributed by atoms with van der Waals surface area (Å²) in [4.78, 5) is 21.2. The molecule has 0 aliphatic heterocycles. The van der Waals surface area contributed by atoms with E-state index in [1.807, 2.05) is 0 Å². The van der Waals surface area contributed by atoms with Crippen molar-refractivity contribution in [1.29, 1.82) is 0 Å². The van der Waals surface area contributed by atoms with Crippen LogP contribution < -0.4 is 0 Å². The van der Waals surface area contributed by atoms with Crippen molar-refractivity contribution in [3.05, 3.63) is 29.8 Å². The Morgan fingerprint density at radius 2 is 1.73 bits per heavy atom. The topological polar surface area (TPSA) is 104 Å². The molecular formula is C14H22AlNO6+4. The minimum atomic E-state index is -1.24. The molecule has 3 N–H and O–H groups in total. The monoisotopic (exact) mass is 327 g/mol. The summed E-state index contributed by atoms with van der Waals surface area (Å²) in [5.41, 5.74) is -0.0475. The number of phenolic OH excluding ortho intramolecular Hbond substituents is 1. The van der Waals surface area contributed by atoms with Gasteiger partial charge < -0.3 is 24.5 Å². The number of carbonyl (C=O) groups is 2. The summed E-state index contributed by atoms with van der Waals surface area (Å²) in [5, 5.41) is 25.8. The normalized spacial score (nSPS) is 9.82. The molecule has 0 atom stereocenters. The standard InChI is InChI=1S/C9H8O5.C5H14NO.Al/c10-7-4-2-1-3-6(7)9(13)14-5-8(11)12;1-6(2,3)4-5-7;/h1-4,10H,5H2,(H,11,12);7H,4-5H2,1-3H3;/q;+1;+3. The van der Waals surface area contributed by atoms with Gasteiger partial charge >= 0.3 is 29.3 Å². The van der Waals surface area contributed by atoms with E-state index in [2.05, 4.69) is 25.9 Å². The minimum Gasteiger partial charge on any atom is -0.507 e. The van der Waals surface area contributed by atoms with Crippen molar-refractivity contribution in [1.82, 2.24) is 0 Å². The van der Waals surface area contributed by atoms with E-state index in [0.717, 1.165) is 11.0 Å². The second-order valence-corrected chi connectivity index (χ2v) is 5.22. The van der Waals surface area contributed by atoms with Crippen LogP contribution in [-0.2, 0) is 9.53 Å².